The molecular weight excluding hydrogens is 184 g/mol. The topological polar surface area (TPSA) is 94.0 Å². The van der Waals surface area contributed by atoms with Crippen molar-refractivity contribution < 1.29 is 9.90 Å². The van der Waals surface area contributed by atoms with E-state index in [0.717, 1.165) is 0 Å². The van der Waals surface area contributed by atoms with Gasteiger partial charge in [-0.3, -0.25) is 4.79 Å². The number of rotatable bonds is 3. The molecule has 0 radical (unpaired) electrons. The van der Waals surface area contributed by atoms with Crippen LogP contribution < -0.4 is 5.73 Å². The zero-order valence-corrected chi connectivity index (χ0v) is 8.43. The Morgan fingerprint density at radius 3 is 2.50 bits per heavy atom. The monoisotopic (exact) mass is 198 g/mol. The van der Waals surface area contributed by atoms with Crippen molar-refractivity contribution in [1.82, 2.24) is 14.8 Å². The Balaban J connectivity index is 2.89. The largest absolute Gasteiger partial charge is 0.481 e. The molecule has 1 aromatic heterocycles. The zero-order valence-electron chi connectivity index (χ0n) is 8.43. The van der Waals surface area contributed by atoms with E-state index in [0.29, 0.717) is 11.8 Å². The molecule has 0 spiro atoms. The minimum absolute atomic E-state index is 0.240. The number of aryl methyl sites for hydroxylation is 1. The van der Waals surface area contributed by atoms with Crippen molar-refractivity contribution in [2.45, 2.75) is 19.8 Å². The molecule has 2 unspecified atom stereocenters. The smallest absolute Gasteiger partial charge is 0.306 e. The van der Waals surface area contributed by atoms with Gasteiger partial charge in [0.25, 0.3) is 0 Å². The summed E-state index contributed by atoms with van der Waals surface area (Å²) in [6.45, 7) is 3.40. The zero-order chi connectivity index (χ0) is 10.9. The second kappa shape index (κ2) is 3.65. The van der Waals surface area contributed by atoms with Gasteiger partial charge in [-0.05, 0) is 0 Å². The van der Waals surface area contributed by atoms with Crippen LogP contribution in [0.15, 0.2) is 0 Å². The fourth-order valence-corrected chi connectivity index (χ4v) is 1.05. The van der Waals surface area contributed by atoms with Crippen molar-refractivity contribution >= 4 is 11.9 Å². The van der Waals surface area contributed by atoms with E-state index in [1.54, 1.807) is 20.9 Å². The highest BCUT2D eigenvalue weighted by Crippen LogP contribution is 2.21. The van der Waals surface area contributed by atoms with E-state index in [1.807, 2.05) is 0 Å². The summed E-state index contributed by atoms with van der Waals surface area (Å²) in [5.74, 6) is -0.847. The maximum absolute atomic E-state index is 10.7. The van der Waals surface area contributed by atoms with Gasteiger partial charge in [-0.25, -0.2) is 4.68 Å². The quantitative estimate of drug-likeness (QED) is 0.724. The number of anilines is 1. The molecule has 0 saturated carbocycles. The Bertz CT molecular complexity index is 328. The number of carbonyl (C=O) groups is 1. The molecule has 6 nitrogen and oxygen atoms in total. The van der Waals surface area contributed by atoms with E-state index in [9.17, 15) is 4.79 Å². The summed E-state index contributed by atoms with van der Waals surface area (Å²) in [4.78, 5) is 14.7. The van der Waals surface area contributed by atoms with Crippen LogP contribution in [0.25, 0.3) is 0 Å². The summed E-state index contributed by atoms with van der Waals surface area (Å²) in [6, 6.07) is 0. The lowest BCUT2D eigenvalue weighted by Crippen LogP contribution is -2.17. The van der Waals surface area contributed by atoms with Gasteiger partial charge < -0.3 is 10.8 Å². The average molecular weight is 198 g/mol. The van der Waals surface area contributed by atoms with Crippen molar-refractivity contribution in [2.24, 2.45) is 13.0 Å². The van der Waals surface area contributed by atoms with Crippen LogP contribution in [0.4, 0.5) is 5.95 Å². The van der Waals surface area contributed by atoms with E-state index in [2.05, 4.69) is 10.1 Å². The minimum atomic E-state index is -0.858. The molecule has 0 bridgehead atoms. The van der Waals surface area contributed by atoms with Gasteiger partial charge in [-0.1, -0.05) is 13.8 Å². The number of nitrogens with two attached hydrogens (primary N) is 1. The molecule has 0 saturated heterocycles. The maximum atomic E-state index is 10.7. The van der Waals surface area contributed by atoms with E-state index >= 15 is 0 Å². The normalized spacial score (nSPS) is 15.1. The molecule has 1 heterocycles. The highest BCUT2D eigenvalue weighted by molar-refractivity contribution is 5.70. The molecule has 6 heteroatoms. The summed E-state index contributed by atoms with van der Waals surface area (Å²) >= 11 is 0. The highest BCUT2D eigenvalue weighted by atomic mass is 16.4. The van der Waals surface area contributed by atoms with Gasteiger partial charge in [-0.2, -0.15) is 10.1 Å². The second-order valence-corrected chi connectivity index (χ2v) is 3.37. The fraction of sp³-hybridized carbons (Fsp3) is 0.625. The van der Waals surface area contributed by atoms with E-state index in [1.165, 1.54) is 4.68 Å². The van der Waals surface area contributed by atoms with E-state index in [4.69, 9.17) is 10.8 Å². The van der Waals surface area contributed by atoms with Crippen molar-refractivity contribution in [2.75, 3.05) is 5.73 Å². The van der Waals surface area contributed by atoms with Crippen molar-refractivity contribution in [1.29, 1.82) is 0 Å². The Hall–Kier alpha value is -1.59. The summed E-state index contributed by atoms with van der Waals surface area (Å²) in [7, 11) is 1.67. The Morgan fingerprint density at radius 1 is 1.57 bits per heavy atom. The van der Waals surface area contributed by atoms with Gasteiger partial charge in [0.1, 0.15) is 0 Å². The first-order valence-corrected chi connectivity index (χ1v) is 4.32. The van der Waals surface area contributed by atoms with Crippen LogP contribution in [-0.4, -0.2) is 25.8 Å². The molecule has 0 aliphatic rings. The van der Waals surface area contributed by atoms with Crippen LogP contribution in [0.1, 0.15) is 25.6 Å². The maximum Gasteiger partial charge on any atom is 0.306 e. The van der Waals surface area contributed by atoms with Crippen LogP contribution in [-0.2, 0) is 11.8 Å². The average Bonchev–Trinajstić information content (AvgIpc) is 2.44. The third-order valence-electron chi connectivity index (χ3n) is 2.36. The predicted molar refractivity (Wildman–Crippen MR) is 50.6 cm³/mol. The molecule has 3 N–H and O–H groups in total. The van der Waals surface area contributed by atoms with Gasteiger partial charge >= 0.3 is 5.97 Å². The third-order valence-corrected chi connectivity index (χ3v) is 2.36. The molecule has 2 atom stereocenters. The van der Waals surface area contributed by atoms with Gasteiger partial charge in [0, 0.05) is 13.0 Å². The standard InChI is InChI=1S/C8H14N4O2/c1-4(5(2)7(13)14)6-10-8(9)12(3)11-6/h4-5H,1-3H3,(H,13,14)(H2,9,10,11). The number of hydrogen-bond donors (Lipinski definition) is 2. The van der Waals surface area contributed by atoms with Crippen molar-refractivity contribution in [3.05, 3.63) is 5.82 Å². The highest BCUT2D eigenvalue weighted by Gasteiger charge is 2.24. The Kier molecular flexibility index (Phi) is 2.73. The first-order chi connectivity index (χ1) is 6.43. The molecule has 1 aromatic rings. The number of aromatic nitrogens is 3. The van der Waals surface area contributed by atoms with Gasteiger partial charge in [-0.15, -0.1) is 0 Å². The van der Waals surface area contributed by atoms with E-state index in [-0.39, 0.29) is 5.92 Å². The van der Waals surface area contributed by atoms with E-state index < -0.39 is 11.9 Å². The summed E-state index contributed by atoms with van der Waals surface area (Å²) < 4.78 is 1.43. The van der Waals surface area contributed by atoms with Crippen molar-refractivity contribution in [3.63, 3.8) is 0 Å². The molecule has 0 fully saturated rings. The number of nitrogen functional groups attached to an aromatic ring is 1. The number of nitrogens with zero attached hydrogens (tertiary/aromatic N) is 3. The summed E-state index contributed by atoms with van der Waals surface area (Å²) in [5.41, 5.74) is 5.50. The molecule has 0 amide bonds. The summed E-state index contributed by atoms with van der Waals surface area (Å²) in [6.07, 6.45) is 0. The number of carboxylic acids is 1. The molecule has 0 aliphatic carbocycles. The molecule has 0 aliphatic heterocycles. The minimum Gasteiger partial charge on any atom is -0.481 e. The number of hydrogen-bond acceptors (Lipinski definition) is 4. The van der Waals surface area contributed by atoms with Gasteiger partial charge in [0.2, 0.25) is 5.95 Å². The first-order valence-electron chi connectivity index (χ1n) is 4.32. The van der Waals surface area contributed by atoms with Crippen LogP contribution in [0.3, 0.4) is 0 Å². The molecule has 78 valence electrons. The molecule has 1 rings (SSSR count). The lowest BCUT2D eigenvalue weighted by Gasteiger charge is -2.11. The van der Waals surface area contributed by atoms with Crippen molar-refractivity contribution in [3.8, 4) is 0 Å². The van der Waals surface area contributed by atoms with Crippen LogP contribution in [0.5, 0.6) is 0 Å². The fourth-order valence-electron chi connectivity index (χ4n) is 1.05. The third kappa shape index (κ3) is 1.84. The first kappa shape index (κ1) is 10.5. The Morgan fingerprint density at radius 2 is 2.14 bits per heavy atom. The number of carboxylic acid groups (broad SMARTS) is 1. The lowest BCUT2D eigenvalue weighted by atomic mass is 9.96. The van der Waals surface area contributed by atoms with Gasteiger partial charge in [0.15, 0.2) is 5.82 Å². The predicted octanol–water partition coefficient (Wildman–Crippen LogP) is 0.221. The molecule has 14 heavy (non-hydrogen) atoms. The lowest BCUT2D eigenvalue weighted by molar-refractivity contribution is -0.141. The molecular formula is C8H14N4O2. The number of aliphatic carboxylic acids is 1. The van der Waals surface area contributed by atoms with Gasteiger partial charge in [0.05, 0.1) is 5.92 Å². The Labute approximate surface area is 81.7 Å². The SMILES string of the molecule is CC(C(=O)O)C(C)c1nc(N)n(C)n1. The second-order valence-electron chi connectivity index (χ2n) is 3.37. The molecule has 0 aromatic carbocycles. The van der Waals surface area contributed by atoms with Crippen LogP contribution >= 0.6 is 0 Å². The van der Waals surface area contributed by atoms with Crippen LogP contribution in [0, 0.1) is 5.92 Å². The van der Waals surface area contributed by atoms with Crippen LogP contribution in [0.2, 0.25) is 0 Å². The summed E-state index contributed by atoms with van der Waals surface area (Å²) in [5, 5.41) is 12.8.